The molecule has 4 heterocycles. The standard InChI is InChI=1S/C33H32N8O2/c34-25-10-4-5-11-26(25)38-31(42)23-14-15-30(35-20-23)39-18-16-33(17-19-39)32(43)40(22-41(33)24-8-2-1-3-9-24)21-29-36-27-12-6-7-13-28(27)37-29/h1-15,20H,16-19,21-22,34H2,(H,36,37)(H,38,42). The topological polar surface area (TPSA) is 123 Å². The molecule has 2 amide bonds. The van der Waals surface area contributed by atoms with Gasteiger partial charge >= 0.3 is 0 Å². The van der Waals surface area contributed by atoms with Crippen LogP contribution in [0.2, 0.25) is 0 Å². The van der Waals surface area contributed by atoms with Gasteiger partial charge in [-0.2, -0.15) is 0 Å². The molecule has 10 nitrogen and oxygen atoms in total. The van der Waals surface area contributed by atoms with E-state index in [0.717, 1.165) is 28.4 Å². The van der Waals surface area contributed by atoms with E-state index in [4.69, 9.17) is 10.7 Å². The first-order valence-electron chi connectivity index (χ1n) is 14.4. The number of nitrogens with zero attached hydrogens (tertiary/aromatic N) is 5. The van der Waals surface area contributed by atoms with Gasteiger partial charge in [0.25, 0.3) is 5.91 Å². The van der Waals surface area contributed by atoms with Crippen LogP contribution in [-0.2, 0) is 11.3 Å². The molecule has 0 aliphatic carbocycles. The minimum Gasteiger partial charge on any atom is -0.397 e. The third kappa shape index (κ3) is 4.90. The lowest BCUT2D eigenvalue weighted by Crippen LogP contribution is -2.56. The van der Waals surface area contributed by atoms with Crippen molar-refractivity contribution in [1.29, 1.82) is 0 Å². The monoisotopic (exact) mass is 572 g/mol. The second-order valence-corrected chi connectivity index (χ2v) is 11.1. The molecule has 0 saturated carbocycles. The highest BCUT2D eigenvalue weighted by molar-refractivity contribution is 6.05. The number of aromatic nitrogens is 3. The number of pyridine rings is 1. The van der Waals surface area contributed by atoms with Crippen molar-refractivity contribution in [3.05, 3.63) is 109 Å². The maximum atomic E-state index is 14.2. The maximum Gasteiger partial charge on any atom is 0.257 e. The molecule has 4 N–H and O–H groups in total. The number of hydrogen-bond donors (Lipinski definition) is 3. The van der Waals surface area contributed by atoms with E-state index in [1.54, 1.807) is 24.4 Å². The molecule has 5 aromatic rings. The number of aromatic amines is 1. The fraction of sp³-hybridized carbons (Fsp3) is 0.212. The number of nitrogens with one attached hydrogen (secondary N) is 2. The smallest absolute Gasteiger partial charge is 0.257 e. The second-order valence-electron chi connectivity index (χ2n) is 11.1. The molecule has 2 aliphatic heterocycles. The SMILES string of the molecule is Nc1ccccc1NC(=O)c1ccc(N2CCC3(CC2)C(=O)N(Cc2nc4ccccc4[nH]2)CN3c2ccccc2)nc1. The van der Waals surface area contributed by atoms with E-state index in [-0.39, 0.29) is 11.8 Å². The molecular weight excluding hydrogens is 540 g/mol. The summed E-state index contributed by atoms with van der Waals surface area (Å²) < 4.78 is 0. The van der Waals surface area contributed by atoms with Gasteiger partial charge in [0.15, 0.2) is 0 Å². The number of carbonyl (C=O) groups is 2. The average molecular weight is 573 g/mol. The molecule has 7 rings (SSSR count). The molecular formula is C33H32N8O2. The summed E-state index contributed by atoms with van der Waals surface area (Å²) in [4.78, 5) is 46.0. The fourth-order valence-corrected chi connectivity index (χ4v) is 6.20. The van der Waals surface area contributed by atoms with Gasteiger partial charge in [-0.3, -0.25) is 9.59 Å². The first-order chi connectivity index (χ1) is 21.0. The zero-order valence-corrected chi connectivity index (χ0v) is 23.6. The summed E-state index contributed by atoms with van der Waals surface area (Å²) >= 11 is 0. The quantitative estimate of drug-likeness (QED) is 0.253. The number of piperidine rings is 1. The summed E-state index contributed by atoms with van der Waals surface area (Å²) in [6.45, 7) is 2.23. The van der Waals surface area contributed by atoms with Gasteiger partial charge in [0, 0.05) is 25.0 Å². The molecule has 10 heteroatoms. The number of para-hydroxylation sites is 5. The number of carbonyl (C=O) groups excluding carboxylic acids is 2. The second kappa shape index (κ2) is 10.8. The van der Waals surface area contributed by atoms with Gasteiger partial charge in [-0.05, 0) is 61.4 Å². The van der Waals surface area contributed by atoms with Crippen molar-refractivity contribution in [1.82, 2.24) is 19.9 Å². The lowest BCUT2D eigenvalue weighted by atomic mass is 9.85. The van der Waals surface area contributed by atoms with E-state index in [2.05, 4.69) is 37.2 Å². The summed E-state index contributed by atoms with van der Waals surface area (Å²) in [5.41, 5.74) is 9.72. The molecule has 216 valence electrons. The van der Waals surface area contributed by atoms with Gasteiger partial charge < -0.3 is 30.7 Å². The molecule has 43 heavy (non-hydrogen) atoms. The molecule has 1 spiro atoms. The number of anilines is 4. The average Bonchev–Trinajstić information content (AvgIpc) is 3.57. The Hall–Kier alpha value is -5.38. The molecule has 2 saturated heterocycles. The van der Waals surface area contributed by atoms with Gasteiger partial charge in [-0.25, -0.2) is 9.97 Å². The lowest BCUT2D eigenvalue weighted by molar-refractivity contribution is -0.133. The van der Waals surface area contributed by atoms with Crippen molar-refractivity contribution in [2.75, 3.05) is 40.6 Å². The first kappa shape index (κ1) is 26.5. The van der Waals surface area contributed by atoms with E-state index in [0.29, 0.717) is 56.1 Å². The fourth-order valence-electron chi connectivity index (χ4n) is 6.20. The molecule has 2 aliphatic rings. The van der Waals surface area contributed by atoms with Crippen LogP contribution < -0.4 is 20.9 Å². The van der Waals surface area contributed by atoms with Gasteiger partial charge in [0.2, 0.25) is 5.91 Å². The third-order valence-electron chi connectivity index (χ3n) is 8.49. The van der Waals surface area contributed by atoms with E-state index < -0.39 is 5.54 Å². The predicted octanol–water partition coefficient (Wildman–Crippen LogP) is 4.64. The van der Waals surface area contributed by atoms with Crippen LogP contribution in [0, 0.1) is 0 Å². The predicted molar refractivity (Wildman–Crippen MR) is 168 cm³/mol. The van der Waals surface area contributed by atoms with Crippen molar-refractivity contribution >= 4 is 45.7 Å². The van der Waals surface area contributed by atoms with Gasteiger partial charge in [0.1, 0.15) is 17.2 Å². The normalized spacial score (nSPS) is 16.3. The Kier molecular flexibility index (Phi) is 6.65. The third-order valence-corrected chi connectivity index (χ3v) is 8.49. The Bertz CT molecular complexity index is 1750. The van der Waals surface area contributed by atoms with Gasteiger partial charge in [0.05, 0.1) is 41.2 Å². The lowest BCUT2D eigenvalue weighted by Gasteiger charge is -2.43. The number of amides is 2. The van der Waals surface area contributed by atoms with Crippen molar-refractivity contribution < 1.29 is 9.59 Å². The molecule has 0 radical (unpaired) electrons. The zero-order valence-electron chi connectivity index (χ0n) is 23.6. The highest BCUT2D eigenvalue weighted by Gasteiger charge is 2.54. The number of benzene rings is 3. The molecule has 2 fully saturated rings. The van der Waals surface area contributed by atoms with E-state index in [9.17, 15) is 9.59 Å². The summed E-state index contributed by atoms with van der Waals surface area (Å²) in [6, 6.07) is 28.8. The van der Waals surface area contributed by atoms with Crippen LogP contribution in [0.5, 0.6) is 0 Å². The van der Waals surface area contributed by atoms with Gasteiger partial charge in [-0.15, -0.1) is 0 Å². The summed E-state index contributed by atoms with van der Waals surface area (Å²) in [5, 5.41) is 2.84. The Labute approximate surface area is 249 Å². The highest BCUT2D eigenvalue weighted by atomic mass is 16.2. The summed E-state index contributed by atoms with van der Waals surface area (Å²) in [5.74, 6) is 1.41. The largest absolute Gasteiger partial charge is 0.397 e. The van der Waals surface area contributed by atoms with Crippen LogP contribution in [0.15, 0.2) is 97.2 Å². The highest BCUT2D eigenvalue weighted by Crippen LogP contribution is 2.40. The Morgan fingerprint density at radius 2 is 1.67 bits per heavy atom. The Morgan fingerprint density at radius 1 is 0.930 bits per heavy atom. The number of hydrogen-bond acceptors (Lipinski definition) is 7. The first-order valence-corrected chi connectivity index (χ1v) is 14.4. The van der Waals surface area contributed by atoms with Crippen LogP contribution in [0.3, 0.4) is 0 Å². The molecule has 0 unspecified atom stereocenters. The van der Waals surface area contributed by atoms with Gasteiger partial charge in [-0.1, -0.05) is 42.5 Å². The molecule has 3 aromatic carbocycles. The van der Waals surface area contributed by atoms with E-state index >= 15 is 0 Å². The number of fused-ring (bicyclic) bond motifs is 1. The zero-order chi connectivity index (χ0) is 29.4. The Balaban J connectivity index is 1.08. The maximum absolute atomic E-state index is 14.2. The van der Waals surface area contributed by atoms with Crippen LogP contribution in [0.1, 0.15) is 29.0 Å². The number of rotatable bonds is 6. The minimum absolute atomic E-state index is 0.122. The minimum atomic E-state index is -0.653. The van der Waals surface area contributed by atoms with E-state index in [1.807, 2.05) is 65.6 Å². The number of nitrogens with two attached hydrogens (primary N) is 1. The number of H-pyrrole nitrogens is 1. The van der Waals surface area contributed by atoms with Crippen molar-refractivity contribution in [3.8, 4) is 0 Å². The van der Waals surface area contributed by atoms with Crippen LogP contribution in [0.25, 0.3) is 11.0 Å². The van der Waals surface area contributed by atoms with Crippen LogP contribution in [0.4, 0.5) is 22.9 Å². The van der Waals surface area contributed by atoms with Crippen molar-refractivity contribution in [2.24, 2.45) is 0 Å². The number of nitrogen functional groups attached to an aromatic ring is 1. The Morgan fingerprint density at radius 3 is 2.42 bits per heavy atom. The molecule has 0 atom stereocenters. The summed E-state index contributed by atoms with van der Waals surface area (Å²) in [7, 11) is 0. The molecule has 2 aromatic heterocycles. The molecule has 0 bridgehead atoms. The van der Waals surface area contributed by atoms with Crippen molar-refractivity contribution in [3.63, 3.8) is 0 Å². The van der Waals surface area contributed by atoms with Crippen LogP contribution in [-0.4, -0.2) is 57.0 Å². The summed E-state index contributed by atoms with van der Waals surface area (Å²) in [6.07, 6.45) is 2.88. The van der Waals surface area contributed by atoms with E-state index in [1.165, 1.54) is 0 Å². The van der Waals surface area contributed by atoms with Crippen LogP contribution >= 0.6 is 0 Å². The van der Waals surface area contributed by atoms with Crippen molar-refractivity contribution in [2.45, 2.75) is 24.9 Å². The number of imidazole rings is 1.